The Balaban J connectivity index is 1.57. The van der Waals surface area contributed by atoms with E-state index in [1.807, 2.05) is 18.3 Å². The van der Waals surface area contributed by atoms with Gasteiger partial charge in [0.25, 0.3) is 0 Å². The molecular formula is C15H18ClN3S. The van der Waals surface area contributed by atoms with Crippen molar-refractivity contribution in [3.63, 3.8) is 0 Å². The van der Waals surface area contributed by atoms with Gasteiger partial charge in [-0.05, 0) is 49.5 Å². The van der Waals surface area contributed by atoms with Gasteiger partial charge in [0.15, 0.2) is 5.13 Å². The molecule has 0 aliphatic carbocycles. The van der Waals surface area contributed by atoms with Crippen molar-refractivity contribution in [3.8, 4) is 0 Å². The molecule has 2 N–H and O–H groups in total. The molecule has 2 heterocycles. The minimum absolute atomic E-state index is 0.636. The second-order valence-electron chi connectivity index (χ2n) is 5.27. The fraction of sp³-hybridized carbons (Fsp3) is 0.400. The van der Waals surface area contributed by atoms with Gasteiger partial charge in [-0.25, -0.2) is 4.98 Å². The number of nitrogens with two attached hydrogens (primary N) is 1. The highest BCUT2D eigenvalue weighted by atomic mass is 35.5. The van der Waals surface area contributed by atoms with Gasteiger partial charge in [0, 0.05) is 22.6 Å². The summed E-state index contributed by atoms with van der Waals surface area (Å²) in [5, 5.41) is 1.50. The summed E-state index contributed by atoms with van der Waals surface area (Å²) in [6.07, 6.45) is 4.27. The number of hydrogen-bond donors (Lipinski definition) is 1. The van der Waals surface area contributed by atoms with Gasteiger partial charge < -0.3 is 5.73 Å². The van der Waals surface area contributed by atoms with Gasteiger partial charge in [-0.15, -0.1) is 11.3 Å². The molecule has 0 atom stereocenters. The van der Waals surface area contributed by atoms with Crippen molar-refractivity contribution in [1.29, 1.82) is 0 Å². The van der Waals surface area contributed by atoms with Crippen LogP contribution in [0.3, 0.4) is 0 Å². The average Bonchev–Trinajstić information content (AvgIpc) is 2.85. The third-order valence-corrected chi connectivity index (χ3v) is 4.90. The summed E-state index contributed by atoms with van der Waals surface area (Å²) in [4.78, 5) is 7.84. The molecule has 1 fully saturated rings. The summed E-state index contributed by atoms with van der Waals surface area (Å²) < 4.78 is 0. The molecule has 1 aromatic carbocycles. The molecule has 0 radical (unpaired) electrons. The Labute approximate surface area is 128 Å². The molecular weight excluding hydrogens is 290 g/mol. The fourth-order valence-corrected chi connectivity index (χ4v) is 3.73. The van der Waals surface area contributed by atoms with Crippen LogP contribution in [0.2, 0.25) is 5.02 Å². The predicted molar refractivity (Wildman–Crippen MR) is 85.2 cm³/mol. The number of anilines is 1. The first-order valence-electron chi connectivity index (χ1n) is 6.89. The number of aromatic nitrogens is 1. The van der Waals surface area contributed by atoms with Crippen LogP contribution in [-0.2, 0) is 6.54 Å². The third-order valence-electron chi connectivity index (χ3n) is 3.86. The number of halogens is 1. The molecule has 3 rings (SSSR count). The van der Waals surface area contributed by atoms with Crippen LogP contribution in [-0.4, -0.2) is 23.0 Å². The average molecular weight is 308 g/mol. The van der Waals surface area contributed by atoms with Crippen LogP contribution in [0.5, 0.6) is 0 Å². The number of benzene rings is 1. The van der Waals surface area contributed by atoms with Crippen molar-refractivity contribution in [2.75, 3.05) is 18.8 Å². The summed E-state index contributed by atoms with van der Waals surface area (Å²) in [7, 11) is 0. The zero-order valence-electron chi connectivity index (χ0n) is 11.3. The molecule has 3 nitrogen and oxygen atoms in total. The van der Waals surface area contributed by atoms with E-state index in [1.54, 1.807) is 11.3 Å². The molecule has 0 saturated carbocycles. The van der Waals surface area contributed by atoms with Crippen molar-refractivity contribution in [2.24, 2.45) is 0 Å². The van der Waals surface area contributed by atoms with E-state index in [0.717, 1.165) is 24.7 Å². The summed E-state index contributed by atoms with van der Waals surface area (Å²) in [6, 6.07) is 8.28. The summed E-state index contributed by atoms with van der Waals surface area (Å²) >= 11 is 7.66. The second kappa shape index (κ2) is 6.12. The Morgan fingerprint density at radius 2 is 2.15 bits per heavy atom. The number of hydrogen-bond acceptors (Lipinski definition) is 4. The van der Waals surface area contributed by atoms with Gasteiger partial charge >= 0.3 is 0 Å². The molecule has 1 aliphatic heterocycles. The first-order valence-corrected chi connectivity index (χ1v) is 8.08. The van der Waals surface area contributed by atoms with E-state index in [9.17, 15) is 0 Å². The van der Waals surface area contributed by atoms with Crippen molar-refractivity contribution >= 4 is 28.1 Å². The van der Waals surface area contributed by atoms with Gasteiger partial charge in [-0.2, -0.15) is 0 Å². The van der Waals surface area contributed by atoms with E-state index >= 15 is 0 Å². The summed E-state index contributed by atoms with van der Waals surface area (Å²) in [5.74, 6) is 0.636. The lowest BCUT2D eigenvalue weighted by Gasteiger charge is -2.31. The largest absolute Gasteiger partial charge is 0.375 e. The summed E-state index contributed by atoms with van der Waals surface area (Å²) in [6.45, 7) is 3.21. The highest BCUT2D eigenvalue weighted by Crippen LogP contribution is 2.30. The molecule has 0 bridgehead atoms. The molecule has 2 aromatic rings. The van der Waals surface area contributed by atoms with E-state index < -0.39 is 0 Å². The van der Waals surface area contributed by atoms with Crippen LogP contribution in [0.4, 0.5) is 5.13 Å². The van der Waals surface area contributed by atoms with E-state index in [0.29, 0.717) is 11.0 Å². The molecule has 0 amide bonds. The number of likely N-dealkylation sites (tertiary alicyclic amines) is 1. The lowest BCUT2D eigenvalue weighted by atomic mass is 9.89. The Morgan fingerprint density at radius 3 is 2.80 bits per heavy atom. The minimum atomic E-state index is 0.636. The van der Waals surface area contributed by atoms with Crippen molar-refractivity contribution < 1.29 is 0 Å². The smallest absolute Gasteiger partial charge is 0.180 e. The Morgan fingerprint density at radius 1 is 1.35 bits per heavy atom. The SMILES string of the molecule is Nc1ncc(CN2CCC(c3cccc(Cl)c3)CC2)s1. The van der Waals surface area contributed by atoms with E-state index in [2.05, 4.69) is 22.0 Å². The first kappa shape index (κ1) is 13.9. The molecule has 106 valence electrons. The Bertz CT molecular complexity index is 576. The lowest BCUT2D eigenvalue weighted by Crippen LogP contribution is -2.32. The van der Waals surface area contributed by atoms with Crippen LogP contribution in [0.15, 0.2) is 30.5 Å². The van der Waals surface area contributed by atoms with Crippen LogP contribution in [0.25, 0.3) is 0 Å². The zero-order chi connectivity index (χ0) is 13.9. The van der Waals surface area contributed by atoms with Gasteiger partial charge in [-0.3, -0.25) is 4.90 Å². The van der Waals surface area contributed by atoms with E-state index in [-0.39, 0.29) is 0 Å². The summed E-state index contributed by atoms with van der Waals surface area (Å²) in [5.41, 5.74) is 7.05. The molecule has 1 aliphatic rings. The predicted octanol–water partition coefficient (Wildman–Crippen LogP) is 3.76. The minimum Gasteiger partial charge on any atom is -0.375 e. The van der Waals surface area contributed by atoms with Crippen molar-refractivity contribution in [1.82, 2.24) is 9.88 Å². The van der Waals surface area contributed by atoms with E-state index in [1.165, 1.54) is 23.3 Å². The maximum atomic E-state index is 6.07. The molecule has 5 heteroatoms. The normalized spacial score (nSPS) is 17.4. The number of piperidine rings is 1. The van der Waals surface area contributed by atoms with Gasteiger partial charge in [0.2, 0.25) is 0 Å². The fourth-order valence-electron chi connectivity index (χ4n) is 2.80. The second-order valence-corrected chi connectivity index (χ2v) is 6.85. The Hall–Kier alpha value is -1.10. The van der Waals surface area contributed by atoms with Crippen LogP contribution < -0.4 is 5.73 Å². The van der Waals surface area contributed by atoms with Gasteiger partial charge in [0.05, 0.1) is 0 Å². The number of nitrogens with zero attached hydrogens (tertiary/aromatic N) is 2. The highest BCUT2D eigenvalue weighted by molar-refractivity contribution is 7.15. The molecule has 0 spiro atoms. The van der Waals surface area contributed by atoms with Crippen LogP contribution in [0, 0.1) is 0 Å². The quantitative estimate of drug-likeness (QED) is 0.939. The maximum Gasteiger partial charge on any atom is 0.180 e. The van der Waals surface area contributed by atoms with Gasteiger partial charge in [-0.1, -0.05) is 23.7 Å². The molecule has 0 unspecified atom stereocenters. The standard InChI is InChI=1S/C15H18ClN3S/c16-13-3-1-2-12(8-13)11-4-6-19(7-5-11)10-14-9-18-15(17)20-14/h1-3,8-9,11H,4-7,10H2,(H2,17,18). The third kappa shape index (κ3) is 3.32. The molecule has 20 heavy (non-hydrogen) atoms. The number of nitrogen functional groups attached to an aromatic ring is 1. The van der Waals surface area contributed by atoms with Crippen LogP contribution >= 0.6 is 22.9 Å². The lowest BCUT2D eigenvalue weighted by molar-refractivity contribution is 0.206. The van der Waals surface area contributed by atoms with Crippen molar-refractivity contribution in [3.05, 3.63) is 45.9 Å². The zero-order valence-corrected chi connectivity index (χ0v) is 12.8. The maximum absolute atomic E-state index is 6.07. The molecule has 1 saturated heterocycles. The van der Waals surface area contributed by atoms with Gasteiger partial charge in [0.1, 0.15) is 0 Å². The van der Waals surface area contributed by atoms with E-state index in [4.69, 9.17) is 17.3 Å². The Kier molecular flexibility index (Phi) is 4.24. The topological polar surface area (TPSA) is 42.1 Å². The van der Waals surface area contributed by atoms with Crippen LogP contribution in [0.1, 0.15) is 29.2 Å². The monoisotopic (exact) mass is 307 g/mol. The number of rotatable bonds is 3. The first-order chi connectivity index (χ1) is 9.70. The van der Waals surface area contributed by atoms with Crippen molar-refractivity contribution in [2.45, 2.75) is 25.3 Å². The number of thiazole rings is 1. The highest BCUT2D eigenvalue weighted by Gasteiger charge is 2.21. The molecule has 1 aromatic heterocycles.